The fourth-order valence-corrected chi connectivity index (χ4v) is 2.40. The molecule has 3 heteroatoms. The smallest absolute Gasteiger partial charge is 0.119 e. The molecule has 0 aliphatic heterocycles. The third-order valence-electron chi connectivity index (χ3n) is 4.20. The van der Waals surface area contributed by atoms with Crippen LogP contribution in [0, 0.1) is 0 Å². The molecule has 21 heavy (non-hydrogen) atoms. The number of benzene rings is 2. The lowest BCUT2D eigenvalue weighted by molar-refractivity contribution is 0.0895. The van der Waals surface area contributed by atoms with Crippen molar-refractivity contribution in [1.29, 1.82) is 0 Å². The normalized spacial score (nSPS) is 15.0. The molecule has 0 fully saturated rings. The predicted octanol–water partition coefficient (Wildman–Crippen LogP) is 3.66. The van der Waals surface area contributed by atoms with Gasteiger partial charge < -0.3 is 15.2 Å². The Balaban J connectivity index is 2.26. The Labute approximate surface area is 126 Å². The van der Waals surface area contributed by atoms with E-state index < -0.39 is 6.10 Å². The second-order valence-corrected chi connectivity index (χ2v) is 6.24. The van der Waals surface area contributed by atoms with Gasteiger partial charge in [-0.1, -0.05) is 18.2 Å². The summed E-state index contributed by atoms with van der Waals surface area (Å²) in [7, 11) is 1.68. The molecule has 0 aromatic heterocycles. The third kappa shape index (κ3) is 3.55. The molecule has 0 heterocycles. The molecule has 2 atom stereocenters. The fourth-order valence-electron chi connectivity index (χ4n) is 2.40. The topological polar surface area (TPSA) is 41.5 Å². The van der Waals surface area contributed by atoms with Crippen molar-refractivity contribution in [2.75, 3.05) is 7.11 Å². The van der Waals surface area contributed by atoms with Crippen LogP contribution in [0.4, 0.5) is 0 Å². The average Bonchev–Trinajstić information content (AvgIpc) is 2.45. The molecule has 2 N–H and O–H groups in total. The van der Waals surface area contributed by atoms with Gasteiger partial charge >= 0.3 is 0 Å². The van der Waals surface area contributed by atoms with Gasteiger partial charge in [0.2, 0.25) is 0 Å². The van der Waals surface area contributed by atoms with Crippen LogP contribution in [-0.4, -0.2) is 23.9 Å². The second kappa shape index (κ2) is 6.04. The Morgan fingerprint density at radius 2 is 1.67 bits per heavy atom. The molecule has 0 bridgehead atoms. The standard InChI is InChI=1S/C18H25NO2/c1-12(19-18(3,4)13(2)20)14-6-7-16-11-17(21-5)9-8-15(16)10-14/h6-13,19-20H,1-5H3. The van der Waals surface area contributed by atoms with Crippen molar-refractivity contribution < 1.29 is 9.84 Å². The van der Waals surface area contributed by atoms with E-state index in [2.05, 4.69) is 36.5 Å². The van der Waals surface area contributed by atoms with Gasteiger partial charge in [0.25, 0.3) is 0 Å². The second-order valence-electron chi connectivity index (χ2n) is 6.24. The van der Waals surface area contributed by atoms with E-state index >= 15 is 0 Å². The number of fused-ring (bicyclic) bond motifs is 1. The number of nitrogens with one attached hydrogen (secondary N) is 1. The van der Waals surface area contributed by atoms with Crippen LogP contribution in [0.15, 0.2) is 36.4 Å². The lowest BCUT2D eigenvalue weighted by Gasteiger charge is -2.33. The van der Waals surface area contributed by atoms with Crippen molar-refractivity contribution in [2.24, 2.45) is 0 Å². The van der Waals surface area contributed by atoms with Crippen molar-refractivity contribution in [3.8, 4) is 5.75 Å². The SMILES string of the molecule is COc1ccc2cc(C(C)NC(C)(C)C(C)O)ccc2c1. The molecular formula is C18H25NO2. The molecule has 2 aromatic carbocycles. The summed E-state index contributed by atoms with van der Waals surface area (Å²) in [6.07, 6.45) is -0.412. The summed E-state index contributed by atoms with van der Waals surface area (Å²) in [4.78, 5) is 0. The number of hydrogen-bond donors (Lipinski definition) is 2. The summed E-state index contributed by atoms with van der Waals surface area (Å²) in [6.45, 7) is 7.96. The number of aliphatic hydroxyl groups is 1. The van der Waals surface area contributed by atoms with Gasteiger partial charge in [-0.2, -0.15) is 0 Å². The molecule has 2 unspecified atom stereocenters. The van der Waals surface area contributed by atoms with Gasteiger partial charge in [-0.3, -0.25) is 0 Å². The van der Waals surface area contributed by atoms with Crippen LogP contribution in [0.25, 0.3) is 10.8 Å². The predicted molar refractivity (Wildman–Crippen MR) is 87.8 cm³/mol. The Morgan fingerprint density at radius 1 is 1.05 bits per heavy atom. The van der Waals surface area contributed by atoms with Crippen LogP contribution in [0.2, 0.25) is 0 Å². The molecule has 2 aromatic rings. The molecule has 0 amide bonds. The summed E-state index contributed by atoms with van der Waals surface area (Å²) >= 11 is 0. The van der Waals surface area contributed by atoms with Crippen molar-refractivity contribution >= 4 is 10.8 Å². The Kier molecular flexibility index (Phi) is 4.55. The van der Waals surface area contributed by atoms with E-state index in [1.54, 1.807) is 7.11 Å². The molecule has 0 saturated carbocycles. The highest BCUT2D eigenvalue weighted by molar-refractivity contribution is 5.84. The lowest BCUT2D eigenvalue weighted by atomic mass is 9.95. The zero-order valence-corrected chi connectivity index (χ0v) is 13.5. The van der Waals surface area contributed by atoms with Crippen LogP contribution in [0.3, 0.4) is 0 Å². The molecule has 0 aliphatic rings. The van der Waals surface area contributed by atoms with E-state index in [1.807, 2.05) is 32.9 Å². The van der Waals surface area contributed by atoms with Crippen LogP contribution >= 0.6 is 0 Å². The summed E-state index contributed by atoms with van der Waals surface area (Å²) in [5, 5.41) is 15.7. The molecule has 114 valence electrons. The molecular weight excluding hydrogens is 262 g/mol. The van der Waals surface area contributed by atoms with Crippen LogP contribution < -0.4 is 10.1 Å². The number of rotatable bonds is 5. The number of ether oxygens (including phenoxy) is 1. The van der Waals surface area contributed by atoms with E-state index in [-0.39, 0.29) is 11.6 Å². The Hall–Kier alpha value is -1.58. The minimum absolute atomic E-state index is 0.168. The van der Waals surface area contributed by atoms with E-state index in [9.17, 15) is 5.11 Å². The first-order valence-electron chi connectivity index (χ1n) is 7.37. The first kappa shape index (κ1) is 15.8. The van der Waals surface area contributed by atoms with Gasteiger partial charge in [0.05, 0.1) is 13.2 Å². The number of hydrogen-bond acceptors (Lipinski definition) is 3. The van der Waals surface area contributed by atoms with Gasteiger partial charge in [0.1, 0.15) is 5.75 Å². The quantitative estimate of drug-likeness (QED) is 0.882. The molecule has 3 nitrogen and oxygen atoms in total. The monoisotopic (exact) mass is 287 g/mol. The van der Waals surface area contributed by atoms with E-state index in [4.69, 9.17) is 4.74 Å². The maximum absolute atomic E-state index is 9.83. The van der Waals surface area contributed by atoms with E-state index in [0.29, 0.717) is 0 Å². The summed E-state index contributed by atoms with van der Waals surface area (Å²) in [5.41, 5.74) is 0.885. The number of aliphatic hydroxyl groups excluding tert-OH is 1. The highest BCUT2D eigenvalue weighted by atomic mass is 16.5. The fraction of sp³-hybridized carbons (Fsp3) is 0.444. The van der Waals surface area contributed by atoms with E-state index in [1.165, 1.54) is 16.3 Å². The third-order valence-corrected chi connectivity index (χ3v) is 4.20. The summed E-state index contributed by atoms with van der Waals surface area (Å²) in [5.74, 6) is 0.872. The van der Waals surface area contributed by atoms with Gasteiger partial charge in [0.15, 0.2) is 0 Å². The van der Waals surface area contributed by atoms with Gasteiger partial charge in [-0.15, -0.1) is 0 Å². The first-order valence-corrected chi connectivity index (χ1v) is 7.37. The molecule has 0 aliphatic carbocycles. The zero-order valence-electron chi connectivity index (χ0n) is 13.5. The number of methoxy groups -OCH3 is 1. The van der Waals surface area contributed by atoms with Crippen molar-refractivity contribution in [3.63, 3.8) is 0 Å². The zero-order chi connectivity index (χ0) is 15.6. The Morgan fingerprint density at radius 3 is 2.29 bits per heavy atom. The summed E-state index contributed by atoms with van der Waals surface area (Å²) in [6, 6.07) is 12.7. The van der Waals surface area contributed by atoms with Crippen LogP contribution in [-0.2, 0) is 0 Å². The highest BCUT2D eigenvalue weighted by Gasteiger charge is 2.25. The largest absolute Gasteiger partial charge is 0.497 e. The van der Waals surface area contributed by atoms with Crippen molar-refractivity contribution in [3.05, 3.63) is 42.0 Å². The first-order chi connectivity index (χ1) is 9.83. The van der Waals surface area contributed by atoms with Gasteiger partial charge in [0, 0.05) is 11.6 Å². The molecule has 2 rings (SSSR count). The molecule has 0 saturated heterocycles. The lowest BCUT2D eigenvalue weighted by Crippen LogP contribution is -2.49. The maximum Gasteiger partial charge on any atom is 0.119 e. The van der Waals surface area contributed by atoms with Gasteiger partial charge in [-0.05, 0) is 62.2 Å². The van der Waals surface area contributed by atoms with E-state index in [0.717, 1.165) is 5.75 Å². The minimum atomic E-state index is -0.412. The van der Waals surface area contributed by atoms with Crippen LogP contribution in [0.5, 0.6) is 5.75 Å². The van der Waals surface area contributed by atoms with Crippen molar-refractivity contribution in [2.45, 2.75) is 45.4 Å². The average molecular weight is 287 g/mol. The summed E-state index contributed by atoms with van der Waals surface area (Å²) < 4.78 is 5.25. The van der Waals surface area contributed by atoms with Gasteiger partial charge in [-0.25, -0.2) is 0 Å². The molecule has 0 spiro atoms. The Bertz CT molecular complexity index is 620. The maximum atomic E-state index is 9.83. The van der Waals surface area contributed by atoms with Crippen molar-refractivity contribution in [1.82, 2.24) is 5.32 Å². The minimum Gasteiger partial charge on any atom is -0.497 e. The molecule has 0 radical (unpaired) electrons. The highest BCUT2D eigenvalue weighted by Crippen LogP contribution is 2.25. The van der Waals surface area contributed by atoms with Crippen LogP contribution in [0.1, 0.15) is 39.3 Å².